The second-order valence-corrected chi connectivity index (χ2v) is 10.1. The van der Waals surface area contributed by atoms with E-state index >= 15 is 0 Å². The molecule has 9 heteroatoms. The highest BCUT2D eigenvalue weighted by Crippen LogP contribution is 2.55. The number of carbonyl (C=O) groups is 1. The molecule has 2 aromatic rings. The van der Waals surface area contributed by atoms with Crippen LogP contribution in [0.5, 0.6) is 0 Å². The number of nitrogens with one attached hydrogen (secondary N) is 1. The SMILES string of the molecule is C[C@@H](OCC1(c2ccccc2)CC(NC(N)=O)(I=O)C1)c1cccc(C(F)(F)F)c1. The molecular formula is C21H22F3IN2O3. The van der Waals surface area contributed by atoms with Gasteiger partial charge in [-0.1, -0.05) is 42.5 Å². The summed E-state index contributed by atoms with van der Waals surface area (Å²) in [7, 11) is 0. The summed E-state index contributed by atoms with van der Waals surface area (Å²) >= 11 is -1.57. The molecule has 0 aliphatic heterocycles. The van der Waals surface area contributed by atoms with E-state index in [1.165, 1.54) is 6.07 Å². The fourth-order valence-corrected chi connectivity index (χ4v) is 6.08. The average molecular weight is 534 g/mol. The van der Waals surface area contributed by atoms with Gasteiger partial charge < -0.3 is 15.8 Å². The first kappa shape index (κ1) is 22.7. The predicted molar refractivity (Wildman–Crippen MR) is 113 cm³/mol. The molecule has 0 heterocycles. The minimum atomic E-state index is -4.42. The first-order valence-electron chi connectivity index (χ1n) is 9.29. The lowest BCUT2D eigenvalue weighted by molar-refractivity contribution is -0.137. The number of nitrogens with two attached hydrogens (primary N) is 1. The Morgan fingerprint density at radius 1 is 1.20 bits per heavy atom. The van der Waals surface area contributed by atoms with Crippen LogP contribution in [0.3, 0.4) is 0 Å². The summed E-state index contributed by atoms with van der Waals surface area (Å²) in [5, 5.41) is 2.61. The van der Waals surface area contributed by atoms with Gasteiger partial charge in [0.1, 0.15) is 3.55 Å². The molecule has 5 nitrogen and oxygen atoms in total. The fourth-order valence-electron chi connectivity index (χ4n) is 3.93. The fraction of sp³-hybridized carbons (Fsp3) is 0.381. The lowest BCUT2D eigenvalue weighted by Gasteiger charge is -2.53. The van der Waals surface area contributed by atoms with Gasteiger partial charge in [-0.2, -0.15) is 13.2 Å². The van der Waals surface area contributed by atoms with Crippen LogP contribution in [0.15, 0.2) is 54.6 Å². The molecule has 1 saturated carbocycles. The largest absolute Gasteiger partial charge is 0.416 e. The van der Waals surface area contributed by atoms with Crippen molar-refractivity contribution in [2.75, 3.05) is 6.61 Å². The third-order valence-electron chi connectivity index (χ3n) is 5.41. The van der Waals surface area contributed by atoms with Gasteiger partial charge >= 0.3 is 12.2 Å². The van der Waals surface area contributed by atoms with E-state index in [1.807, 2.05) is 30.3 Å². The maximum Gasteiger partial charge on any atom is 0.416 e. The van der Waals surface area contributed by atoms with Crippen LogP contribution in [0.2, 0.25) is 0 Å². The van der Waals surface area contributed by atoms with E-state index < -0.39 is 54.0 Å². The van der Waals surface area contributed by atoms with E-state index in [0.717, 1.165) is 17.7 Å². The Morgan fingerprint density at radius 2 is 1.87 bits per heavy atom. The molecule has 162 valence electrons. The number of carbonyl (C=O) groups excluding carboxylic acids is 1. The van der Waals surface area contributed by atoms with Crippen molar-refractivity contribution in [3.8, 4) is 0 Å². The molecule has 0 aromatic heterocycles. The molecule has 0 spiro atoms. The Labute approximate surface area is 182 Å². The van der Waals surface area contributed by atoms with Gasteiger partial charge in [0.2, 0.25) is 0 Å². The number of hydrogen-bond acceptors (Lipinski definition) is 3. The number of benzene rings is 2. The van der Waals surface area contributed by atoms with Crippen LogP contribution >= 0.6 is 21.2 Å². The second kappa shape index (κ2) is 8.62. The van der Waals surface area contributed by atoms with Crippen molar-refractivity contribution in [2.24, 2.45) is 5.73 Å². The second-order valence-electron chi connectivity index (χ2n) is 7.61. The van der Waals surface area contributed by atoms with Crippen molar-refractivity contribution in [3.63, 3.8) is 0 Å². The minimum Gasteiger partial charge on any atom is -0.373 e. The summed E-state index contributed by atoms with van der Waals surface area (Å²) < 4.78 is 56.1. The van der Waals surface area contributed by atoms with E-state index in [1.54, 1.807) is 13.0 Å². The summed E-state index contributed by atoms with van der Waals surface area (Å²) in [6.45, 7) is 1.91. The van der Waals surface area contributed by atoms with Crippen LogP contribution in [-0.2, 0) is 19.4 Å². The molecule has 1 aliphatic rings. The first-order chi connectivity index (χ1) is 14.1. The Morgan fingerprint density at radius 3 is 2.43 bits per heavy atom. The number of ether oxygens (including phenoxy) is 1. The molecule has 2 amide bonds. The lowest BCUT2D eigenvalue weighted by atomic mass is 9.62. The van der Waals surface area contributed by atoms with E-state index in [0.29, 0.717) is 18.4 Å². The van der Waals surface area contributed by atoms with Gasteiger partial charge in [-0.3, -0.25) is 3.07 Å². The highest BCUT2D eigenvalue weighted by molar-refractivity contribution is 14.1. The summed E-state index contributed by atoms with van der Waals surface area (Å²) in [5.41, 5.74) is 5.39. The molecule has 0 radical (unpaired) electrons. The molecule has 2 aromatic carbocycles. The van der Waals surface area contributed by atoms with Crippen LogP contribution in [-0.4, -0.2) is 16.2 Å². The quantitative estimate of drug-likeness (QED) is 0.291. The highest BCUT2D eigenvalue weighted by atomic mass is 127. The third kappa shape index (κ3) is 4.83. The summed E-state index contributed by atoms with van der Waals surface area (Å²) in [4.78, 5) is 11.3. The normalized spacial score (nSPS) is 24.7. The molecule has 30 heavy (non-hydrogen) atoms. The van der Waals surface area contributed by atoms with Crippen LogP contribution in [0.4, 0.5) is 18.0 Å². The lowest BCUT2D eigenvalue weighted by Crippen LogP contribution is -2.63. The summed E-state index contributed by atoms with van der Waals surface area (Å²) in [6, 6.07) is 13.8. The topological polar surface area (TPSA) is 81.4 Å². The van der Waals surface area contributed by atoms with Crippen molar-refractivity contribution in [1.29, 1.82) is 0 Å². The van der Waals surface area contributed by atoms with Gasteiger partial charge in [-0.05, 0) is 43.0 Å². The number of hydrogen-bond donors (Lipinski definition) is 2. The van der Waals surface area contributed by atoms with Crippen molar-refractivity contribution in [3.05, 3.63) is 71.3 Å². The Balaban J connectivity index is 1.79. The van der Waals surface area contributed by atoms with E-state index in [-0.39, 0.29) is 6.61 Å². The number of alkyl halides is 4. The molecule has 3 N–H and O–H groups in total. The first-order valence-corrected chi connectivity index (χ1v) is 11.3. The van der Waals surface area contributed by atoms with Gasteiger partial charge in [-0.25, -0.2) is 4.79 Å². The van der Waals surface area contributed by atoms with E-state index in [9.17, 15) is 21.0 Å². The van der Waals surface area contributed by atoms with Gasteiger partial charge in [0, 0.05) is 5.41 Å². The molecule has 0 unspecified atom stereocenters. The maximum absolute atomic E-state index is 13.0. The Bertz CT molecular complexity index is 915. The number of urea groups is 1. The van der Waals surface area contributed by atoms with E-state index in [4.69, 9.17) is 10.5 Å². The van der Waals surface area contributed by atoms with Crippen molar-refractivity contribution >= 4 is 27.2 Å². The summed E-state index contributed by atoms with van der Waals surface area (Å²) in [6.07, 6.45) is -4.22. The smallest absolute Gasteiger partial charge is 0.373 e. The molecule has 1 aliphatic carbocycles. The van der Waals surface area contributed by atoms with Gasteiger partial charge in [0.25, 0.3) is 0 Å². The predicted octanol–water partition coefficient (Wildman–Crippen LogP) is 5.20. The number of primary amides is 1. The van der Waals surface area contributed by atoms with E-state index in [2.05, 4.69) is 5.32 Å². The number of halogens is 4. The average Bonchev–Trinajstić information content (AvgIpc) is 2.69. The number of amides is 2. The standard InChI is InChI=1S/C21H22F3IN2O3/c1-14(15-6-5-9-17(10-15)21(22,23)24)30-13-19(16-7-3-2-4-8-16)11-20(12-19,25-29)27-18(26)28/h2-10,14H,11-13H2,1H3,(H3,26,27,28)/t14-,19?,20?/m1/s1. The van der Waals surface area contributed by atoms with Crippen molar-refractivity contribution in [2.45, 2.75) is 41.0 Å². The maximum atomic E-state index is 13.0. The van der Waals surface area contributed by atoms with Crippen LogP contribution in [0.1, 0.15) is 42.6 Å². The molecular weight excluding hydrogens is 512 g/mol. The molecule has 0 saturated heterocycles. The molecule has 3 rings (SSSR count). The highest BCUT2D eigenvalue weighted by Gasteiger charge is 2.57. The monoisotopic (exact) mass is 534 g/mol. The third-order valence-corrected chi connectivity index (χ3v) is 7.29. The zero-order valence-corrected chi connectivity index (χ0v) is 18.4. The molecule has 0 bridgehead atoms. The molecule has 1 atom stereocenters. The Hall–Kier alpha value is -2.01. The minimum absolute atomic E-state index is 0.209. The number of rotatable bonds is 7. The molecule has 1 fully saturated rings. The zero-order valence-electron chi connectivity index (χ0n) is 16.2. The van der Waals surface area contributed by atoms with Crippen molar-refractivity contribution in [1.82, 2.24) is 5.32 Å². The van der Waals surface area contributed by atoms with Crippen LogP contribution < -0.4 is 11.1 Å². The Kier molecular flexibility index (Phi) is 6.51. The van der Waals surface area contributed by atoms with Crippen molar-refractivity contribution < 1.29 is 25.8 Å². The van der Waals surface area contributed by atoms with Crippen LogP contribution in [0, 0.1) is 0 Å². The zero-order chi connectivity index (χ0) is 22.0. The van der Waals surface area contributed by atoms with Gasteiger partial charge in [0.05, 0.1) is 18.3 Å². The summed E-state index contributed by atoms with van der Waals surface area (Å²) in [5.74, 6) is 0. The van der Waals surface area contributed by atoms with Gasteiger partial charge in [0.15, 0.2) is 21.2 Å². The van der Waals surface area contributed by atoms with Gasteiger partial charge in [-0.15, -0.1) is 0 Å². The van der Waals surface area contributed by atoms with Crippen LogP contribution in [0.25, 0.3) is 0 Å².